The maximum Gasteiger partial charge on any atom is 0.321 e. The Hall–Kier alpha value is -2.60. The molecule has 0 aliphatic carbocycles. The first-order valence-electron chi connectivity index (χ1n) is 8.07. The van der Waals surface area contributed by atoms with E-state index in [4.69, 9.17) is 4.74 Å². The van der Waals surface area contributed by atoms with Gasteiger partial charge in [0.1, 0.15) is 24.3 Å². The summed E-state index contributed by atoms with van der Waals surface area (Å²) in [5, 5.41) is 12.9. The van der Waals surface area contributed by atoms with Crippen LogP contribution in [0.15, 0.2) is 48.5 Å². The number of carbonyl (C=O) groups is 1. The second kappa shape index (κ2) is 8.48. The van der Waals surface area contributed by atoms with E-state index in [-0.39, 0.29) is 24.5 Å². The minimum absolute atomic E-state index is 0.0503. The fourth-order valence-electron chi connectivity index (χ4n) is 2.18. The molecular formula is C19H23FN2O3. The van der Waals surface area contributed by atoms with E-state index in [1.807, 2.05) is 13.8 Å². The zero-order chi connectivity index (χ0) is 18.4. The summed E-state index contributed by atoms with van der Waals surface area (Å²) >= 11 is 0. The highest BCUT2D eigenvalue weighted by molar-refractivity contribution is 5.91. The van der Waals surface area contributed by atoms with E-state index in [1.165, 1.54) is 29.2 Å². The summed E-state index contributed by atoms with van der Waals surface area (Å²) in [6, 6.07) is 12.5. The zero-order valence-electron chi connectivity index (χ0n) is 14.6. The van der Waals surface area contributed by atoms with Crippen LogP contribution in [-0.2, 0) is 0 Å². The van der Waals surface area contributed by atoms with Gasteiger partial charge in [-0.15, -0.1) is 0 Å². The predicted octanol–water partition coefficient (Wildman–Crippen LogP) is 3.49. The van der Waals surface area contributed by atoms with Crippen molar-refractivity contribution in [1.29, 1.82) is 0 Å². The average Bonchev–Trinajstić information content (AvgIpc) is 2.59. The van der Waals surface area contributed by atoms with Gasteiger partial charge in [-0.05, 0) is 55.8 Å². The standard InChI is InChI=1S/C19H23FN2O3/c1-13(2)21-19(24)22(3)16-8-10-17(11-9-16)25-12-18(23)14-4-6-15(20)7-5-14/h4-11,13,18,23H,12H2,1-3H3,(H,21,24). The third-order valence-corrected chi connectivity index (χ3v) is 3.60. The van der Waals surface area contributed by atoms with E-state index in [1.54, 1.807) is 31.3 Å². The third kappa shape index (κ3) is 5.46. The number of hydrogen-bond acceptors (Lipinski definition) is 3. The highest BCUT2D eigenvalue weighted by atomic mass is 19.1. The molecule has 0 fully saturated rings. The van der Waals surface area contributed by atoms with Gasteiger partial charge in [-0.1, -0.05) is 12.1 Å². The molecule has 0 bridgehead atoms. The smallest absolute Gasteiger partial charge is 0.321 e. The Morgan fingerprint density at radius 2 is 1.76 bits per heavy atom. The van der Waals surface area contributed by atoms with Crippen LogP contribution in [0.1, 0.15) is 25.5 Å². The van der Waals surface area contributed by atoms with Crippen LogP contribution in [0.3, 0.4) is 0 Å². The molecule has 0 aliphatic rings. The van der Waals surface area contributed by atoms with E-state index >= 15 is 0 Å². The van der Waals surface area contributed by atoms with Crippen LogP contribution in [0.25, 0.3) is 0 Å². The van der Waals surface area contributed by atoms with Crippen LogP contribution in [0.2, 0.25) is 0 Å². The number of nitrogens with one attached hydrogen (secondary N) is 1. The molecule has 2 aromatic rings. The van der Waals surface area contributed by atoms with E-state index in [2.05, 4.69) is 5.32 Å². The Balaban J connectivity index is 1.91. The van der Waals surface area contributed by atoms with Crippen molar-refractivity contribution in [2.24, 2.45) is 0 Å². The van der Waals surface area contributed by atoms with Gasteiger partial charge in [-0.25, -0.2) is 9.18 Å². The molecular weight excluding hydrogens is 323 g/mol. The molecule has 2 N–H and O–H groups in total. The molecule has 2 amide bonds. The molecule has 0 radical (unpaired) electrons. The van der Waals surface area contributed by atoms with Gasteiger partial charge in [0, 0.05) is 18.8 Å². The van der Waals surface area contributed by atoms with Crippen LogP contribution in [0.4, 0.5) is 14.9 Å². The molecule has 5 nitrogen and oxygen atoms in total. The highest BCUT2D eigenvalue weighted by Gasteiger charge is 2.12. The molecule has 0 aliphatic heterocycles. The second-order valence-corrected chi connectivity index (χ2v) is 6.04. The molecule has 1 atom stereocenters. The van der Waals surface area contributed by atoms with Crippen LogP contribution in [-0.4, -0.2) is 30.8 Å². The number of halogens is 1. The van der Waals surface area contributed by atoms with Crippen molar-refractivity contribution < 1.29 is 19.0 Å². The summed E-state index contributed by atoms with van der Waals surface area (Å²) in [5.74, 6) is 0.223. The van der Waals surface area contributed by atoms with Crippen molar-refractivity contribution in [3.63, 3.8) is 0 Å². The maximum absolute atomic E-state index is 12.9. The van der Waals surface area contributed by atoms with Gasteiger partial charge in [0.15, 0.2) is 0 Å². The van der Waals surface area contributed by atoms with Gasteiger partial charge in [0.05, 0.1) is 0 Å². The maximum atomic E-state index is 12.9. The molecule has 1 unspecified atom stereocenters. The summed E-state index contributed by atoms with van der Waals surface area (Å²) in [6.45, 7) is 3.85. The summed E-state index contributed by atoms with van der Waals surface area (Å²) in [7, 11) is 1.69. The Kier molecular flexibility index (Phi) is 6.36. The molecule has 2 aromatic carbocycles. The lowest BCUT2D eigenvalue weighted by atomic mass is 10.1. The zero-order valence-corrected chi connectivity index (χ0v) is 14.6. The minimum Gasteiger partial charge on any atom is -0.491 e. The molecule has 2 rings (SSSR count). The fourth-order valence-corrected chi connectivity index (χ4v) is 2.18. The van der Waals surface area contributed by atoms with Crippen molar-refractivity contribution in [2.75, 3.05) is 18.6 Å². The number of ether oxygens (including phenoxy) is 1. The van der Waals surface area contributed by atoms with Crippen molar-refractivity contribution in [1.82, 2.24) is 5.32 Å². The van der Waals surface area contributed by atoms with Crippen LogP contribution < -0.4 is 15.0 Å². The fraction of sp³-hybridized carbons (Fsp3) is 0.316. The Labute approximate surface area is 147 Å². The van der Waals surface area contributed by atoms with Gasteiger partial charge >= 0.3 is 6.03 Å². The van der Waals surface area contributed by atoms with Gasteiger partial charge < -0.3 is 15.2 Å². The number of amides is 2. The first-order valence-corrected chi connectivity index (χ1v) is 8.07. The summed E-state index contributed by atoms with van der Waals surface area (Å²) in [5.41, 5.74) is 1.31. The first kappa shape index (κ1) is 18.7. The first-order chi connectivity index (χ1) is 11.9. The van der Waals surface area contributed by atoms with Crippen molar-refractivity contribution >= 4 is 11.7 Å². The number of benzene rings is 2. The van der Waals surface area contributed by atoms with Gasteiger partial charge in [0.2, 0.25) is 0 Å². The van der Waals surface area contributed by atoms with Crippen LogP contribution in [0.5, 0.6) is 5.75 Å². The van der Waals surface area contributed by atoms with Crippen LogP contribution >= 0.6 is 0 Å². The van der Waals surface area contributed by atoms with Gasteiger partial charge in [-0.2, -0.15) is 0 Å². The largest absolute Gasteiger partial charge is 0.491 e. The topological polar surface area (TPSA) is 61.8 Å². The van der Waals surface area contributed by atoms with E-state index < -0.39 is 6.10 Å². The lowest BCUT2D eigenvalue weighted by Crippen LogP contribution is -2.40. The number of hydrogen-bond donors (Lipinski definition) is 2. The molecule has 0 saturated carbocycles. The number of anilines is 1. The third-order valence-electron chi connectivity index (χ3n) is 3.60. The molecule has 0 heterocycles. The van der Waals surface area contributed by atoms with Crippen LogP contribution in [0, 0.1) is 5.82 Å². The predicted molar refractivity (Wildman–Crippen MR) is 95.4 cm³/mol. The van der Waals surface area contributed by atoms with Crippen molar-refractivity contribution in [3.8, 4) is 5.75 Å². The number of rotatable bonds is 6. The Morgan fingerprint density at radius 1 is 1.16 bits per heavy atom. The molecule has 0 spiro atoms. The number of nitrogens with zero attached hydrogens (tertiary/aromatic N) is 1. The molecule has 0 saturated heterocycles. The monoisotopic (exact) mass is 346 g/mol. The molecule has 25 heavy (non-hydrogen) atoms. The van der Waals surface area contributed by atoms with E-state index in [0.29, 0.717) is 11.3 Å². The number of aliphatic hydroxyl groups is 1. The Morgan fingerprint density at radius 3 is 2.32 bits per heavy atom. The van der Waals surface area contributed by atoms with Gasteiger partial charge in [0.25, 0.3) is 0 Å². The summed E-state index contributed by atoms with van der Waals surface area (Å²) in [4.78, 5) is 13.5. The quantitative estimate of drug-likeness (QED) is 0.842. The van der Waals surface area contributed by atoms with Gasteiger partial charge in [-0.3, -0.25) is 4.90 Å². The average molecular weight is 346 g/mol. The molecule has 134 valence electrons. The SMILES string of the molecule is CC(C)NC(=O)N(C)c1ccc(OCC(O)c2ccc(F)cc2)cc1. The number of carbonyl (C=O) groups excluding carboxylic acids is 1. The lowest BCUT2D eigenvalue weighted by Gasteiger charge is -2.20. The summed E-state index contributed by atoms with van der Waals surface area (Å²) < 4.78 is 18.4. The lowest BCUT2D eigenvalue weighted by molar-refractivity contribution is 0.108. The minimum atomic E-state index is -0.847. The Bertz CT molecular complexity index is 687. The number of urea groups is 1. The number of aliphatic hydroxyl groups excluding tert-OH is 1. The molecule has 6 heteroatoms. The highest BCUT2D eigenvalue weighted by Crippen LogP contribution is 2.21. The van der Waals surface area contributed by atoms with Crippen molar-refractivity contribution in [3.05, 3.63) is 59.9 Å². The van der Waals surface area contributed by atoms with Crippen molar-refractivity contribution in [2.45, 2.75) is 26.0 Å². The van der Waals surface area contributed by atoms with E-state index in [0.717, 1.165) is 5.69 Å². The molecule has 0 aromatic heterocycles. The second-order valence-electron chi connectivity index (χ2n) is 6.04. The van der Waals surface area contributed by atoms with E-state index in [9.17, 15) is 14.3 Å². The summed E-state index contributed by atoms with van der Waals surface area (Å²) in [6.07, 6.45) is -0.847. The normalized spacial score (nSPS) is 11.9.